The molecule has 0 saturated heterocycles. The molecule has 1 heterocycles. The van der Waals surface area contributed by atoms with Crippen LogP contribution in [0.1, 0.15) is 44.8 Å². The standard InChI is InChI=1S/C14H23NO3/c1-12(8-9-13-6-5-11-18-13)15-10-4-2-3-7-14(16)17/h5-6,11-12,15H,2-4,7-10H2,1H3,(H,16,17). The van der Waals surface area contributed by atoms with E-state index in [0.29, 0.717) is 6.04 Å². The minimum absolute atomic E-state index is 0.286. The molecule has 0 aliphatic heterocycles. The topological polar surface area (TPSA) is 62.5 Å². The van der Waals surface area contributed by atoms with E-state index in [9.17, 15) is 4.79 Å². The molecule has 0 saturated carbocycles. The van der Waals surface area contributed by atoms with E-state index in [4.69, 9.17) is 9.52 Å². The summed E-state index contributed by atoms with van der Waals surface area (Å²) in [6, 6.07) is 4.38. The summed E-state index contributed by atoms with van der Waals surface area (Å²) in [5, 5.41) is 11.9. The van der Waals surface area contributed by atoms with Gasteiger partial charge in [-0.05, 0) is 44.9 Å². The predicted molar refractivity (Wildman–Crippen MR) is 70.6 cm³/mol. The number of carbonyl (C=O) groups is 1. The Kier molecular flexibility index (Phi) is 7.18. The van der Waals surface area contributed by atoms with Crippen molar-refractivity contribution < 1.29 is 14.3 Å². The highest BCUT2D eigenvalue weighted by atomic mass is 16.4. The second-order valence-electron chi connectivity index (χ2n) is 4.68. The molecule has 1 aromatic rings. The van der Waals surface area contributed by atoms with E-state index in [2.05, 4.69) is 12.2 Å². The number of unbranched alkanes of at least 4 members (excludes halogenated alkanes) is 2. The molecule has 0 fully saturated rings. The number of furan rings is 1. The van der Waals surface area contributed by atoms with Crippen LogP contribution in [0.25, 0.3) is 0 Å². The fourth-order valence-electron chi connectivity index (χ4n) is 1.84. The Morgan fingerprint density at radius 1 is 1.44 bits per heavy atom. The molecular formula is C14H23NO3. The average molecular weight is 253 g/mol. The number of aliphatic carboxylic acids is 1. The Labute approximate surface area is 108 Å². The molecule has 4 heteroatoms. The van der Waals surface area contributed by atoms with Crippen molar-refractivity contribution in [1.29, 1.82) is 0 Å². The van der Waals surface area contributed by atoms with Crippen LogP contribution in [0.5, 0.6) is 0 Å². The number of rotatable bonds is 10. The highest BCUT2D eigenvalue weighted by molar-refractivity contribution is 5.66. The van der Waals surface area contributed by atoms with Gasteiger partial charge in [-0.15, -0.1) is 0 Å². The Balaban J connectivity index is 1.93. The van der Waals surface area contributed by atoms with Crippen LogP contribution in [0.4, 0.5) is 0 Å². The van der Waals surface area contributed by atoms with Crippen LogP contribution in [0.2, 0.25) is 0 Å². The van der Waals surface area contributed by atoms with Crippen LogP contribution in [-0.2, 0) is 11.2 Å². The van der Waals surface area contributed by atoms with E-state index in [-0.39, 0.29) is 6.42 Å². The average Bonchev–Trinajstić information content (AvgIpc) is 2.83. The van der Waals surface area contributed by atoms with Gasteiger partial charge in [0.05, 0.1) is 6.26 Å². The van der Waals surface area contributed by atoms with Gasteiger partial charge >= 0.3 is 5.97 Å². The lowest BCUT2D eigenvalue weighted by atomic mass is 10.1. The number of carboxylic acids is 1. The van der Waals surface area contributed by atoms with E-state index >= 15 is 0 Å². The van der Waals surface area contributed by atoms with E-state index < -0.39 is 5.97 Å². The Hall–Kier alpha value is -1.29. The Bertz CT molecular complexity index is 322. The van der Waals surface area contributed by atoms with Gasteiger partial charge in [0.25, 0.3) is 0 Å². The van der Waals surface area contributed by atoms with Gasteiger partial charge < -0.3 is 14.8 Å². The Morgan fingerprint density at radius 3 is 2.94 bits per heavy atom. The minimum atomic E-state index is -0.699. The first-order valence-corrected chi connectivity index (χ1v) is 6.66. The van der Waals surface area contributed by atoms with Gasteiger partial charge in [-0.25, -0.2) is 0 Å². The zero-order chi connectivity index (χ0) is 13.2. The van der Waals surface area contributed by atoms with Crippen molar-refractivity contribution >= 4 is 5.97 Å². The minimum Gasteiger partial charge on any atom is -0.481 e. The van der Waals surface area contributed by atoms with Crippen molar-refractivity contribution in [2.24, 2.45) is 0 Å². The molecule has 102 valence electrons. The van der Waals surface area contributed by atoms with Crippen LogP contribution in [0.15, 0.2) is 22.8 Å². The lowest BCUT2D eigenvalue weighted by molar-refractivity contribution is -0.137. The summed E-state index contributed by atoms with van der Waals surface area (Å²) in [5.74, 6) is 0.333. The maximum Gasteiger partial charge on any atom is 0.303 e. The molecule has 0 amide bonds. The molecule has 1 atom stereocenters. The zero-order valence-corrected chi connectivity index (χ0v) is 11.0. The van der Waals surface area contributed by atoms with Gasteiger partial charge in [0, 0.05) is 18.9 Å². The lowest BCUT2D eigenvalue weighted by Crippen LogP contribution is -2.27. The number of nitrogens with one attached hydrogen (secondary N) is 1. The van der Waals surface area contributed by atoms with Crippen LogP contribution >= 0.6 is 0 Å². The molecule has 0 aromatic carbocycles. The lowest BCUT2D eigenvalue weighted by Gasteiger charge is -2.12. The number of hydrogen-bond acceptors (Lipinski definition) is 3. The van der Waals surface area contributed by atoms with Gasteiger partial charge in [-0.2, -0.15) is 0 Å². The molecular weight excluding hydrogens is 230 g/mol. The summed E-state index contributed by atoms with van der Waals surface area (Å²) < 4.78 is 5.28. The molecule has 0 spiro atoms. The van der Waals surface area contributed by atoms with Crippen LogP contribution in [-0.4, -0.2) is 23.7 Å². The van der Waals surface area contributed by atoms with Gasteiger partial charge in [0.1, 0.15) is 5.76 Å². The maximum atomic E-state index is 10.3. The van der Waals surface area contributed by atoms with Crippen molar-refractivity contribution in [3.05, 3.63) is 24.2 Å². The third kappa shape index (κ3) is 7.12. The molecule has 0 aliphatic rings. The van der Waals surface area contributed by atoms with Crippen molar-refractivity contribution in [3.63, 3.8) is 0 Å². The molecule has 2 N–H and O–H groups in total. The number of hydrogen-bond donors (Lipinski definition) is 2. The summed E-state index contributed by atoms with van der Waals surface area (Å²) in [7, 11) is 0. The fourth-order valence-corrected chi connectivity index (χ4v) is 1.84. The maximum absolute atomic E-state index is 10.3. The first kappa shape index (κ1) is 14.8. The van der Waals surface area contributed by atoms with E-state index in [1.807, 2.05) is 12.1 Å². The Morgan fingerprint density at radius 2 is 2.28 bits per heavy atom. The first-order valence-electron chi connectivity index (χ1n) is 6.66. The summed E-state index contributed by atoms with van der Waals surface area (Å²) in [6.45, 7) is 3.12. The second kappa shape index (κ2) is 8.75. The molecule has 0 radical (unpaired) electrons. The third-order valence-electron chi connectivity index (χ3n) is 2.96. The smallest absolute Gasteiger partial charge is 0.303 e. The number of carboxylic acid groups (broad SMARTS) is 1. The largest absolute Gasteiger partial charge is 0.481 e. The van der Waals surface area contributed by atoms with Crippen molar-refractivity contribution in [1.82, 2.24) is 5.32 Å². The van der Waals surface area contributed by atoms with E-state index in [0.717, 1.165) is 44.4 Å². The molecule has 1 unspecified atom stereocenters. The molecule has 0 bridgehead atoms. The highest BCUT2D eigenvalue weighted by Crippen LogP contribution is 2.06. The quantitative estimate of drug-likeness (QED) is 0.629. The summed E-state index contributed by atoms with van der Waals surface area (Å²) >= 11 is 0. The van der Waals surface area contributed by atoms with Gasteiger partial charge in [-0.1, -0.05) is 6.42 Å². The summed E-state index contributed by atoms with van der Waals surface area (Å²) in [4.78, 5) is 10.3. The molecule has 1 aromatic heterocycles. The molecule has 18 heavy (non-hydrogen) atoms. The summed E-state index contributed by atoms with van der Waals surface area (Å²) in [5.41, 5.74) is 0. The van der Waals surface area contributed by atoms with Gasteiger partial charge in [-0.3, -0.25) is 4.79 Å². The molecule has 4 nitrogen and oxygen atoms in total. The number of aryl methyl sites for hydroxylation is 1. The molecule has 1 rings (SSSR count). The molecule has 0 aliphatic carbocycles. The van der Waals surface area contributed by atoms with Crippen LogP contribution in [0.3, 0.4) is 0 Å². The fraction of sp³-hybridized carbons (Fsp3) is 0.643. The second-order valence-corrected chi connectivity index (χ2v) is 4.68. The summed E-state index contributed by atoms with van der Waals surface area (Å²) in [6.07, 6.45) is 6.80. The van der Waals surface area contributed by atoms with Crippen molar-refractivity contribution in [2.75, 3.05) is 6.54 Å². The predicted octanol–water partition coefficient (Wildman–Crippen LogP) is 2.84. The third-order valence-corrected chi connectivity index (χ3v) is 2.96. The van der Waals surface area contributed by atoms with E-state index in [1.165, 1.54) is 0 Å². The van der Waals surface area contributed by atoms with Crippen molar-refractivity contribution in [3.8, 4) is 0 Å². The van der Waals surface area contributed by atoms with E-state index in [1.54, 1.807) is 6.26 Å². The van der Waals surface area contributed by atoms with Gasteiger partial charge in [0.2, 0.25) is 0 Å². The van der Waals surface area contributed by atoms with Crippen molar-refractivity contribution in [2.45, 2.75) is 51.5 Å². The van der Waals surface area contributed by atoms with Crippen LogP contribution < -0.4 is 5.32 Å². The first-order chi connectivity index (χ1) is 8.68. The normalized spacial score (nSPS) is 12.5. The SMILES string of the molecule is CC(CCc1ccco1)NCCCCCC(=O)O. The van der Waals surface area contributed by atoms with Gasteiger partial charge in [0.15, 0.2) is 0 Å². The van der Waals surface area contributed by atoms with Crippen LogP contribution in [0, 0.1) is 0 Å². The highest BCUT2D eigenvalue weighted by Gasteiger charge is 2.03. The monoisotopic (exact) mass is 253 g/mol. The zero-order valence-electron chi connectivity index (χ0n) is 11.0.